The SMILES string of the molecule is C=Nn1c(C)cc(-c2c(C)cc(OC)cc2O)nc1=NCCN(C)CCNC. The smallest absolute Gasteiger partial charge is 0.246 e. The maximum Gasteiger partial charge on any atom is 0.246 e. The maximum absolute atomic E-state index is 10.5. The van der Waals surface area contributed by atoms with Crippen LogP contribution in [0.3, 0.4) is 0 Å². The predicted molar refractivity (Wildman–Crippen MR) is 112 cm³/mol. The summed E-state index contributed by atoms with van der Waals surface area (Å²) in [5, 5.41) is 17.7. The molecule has 1 heterocycles. The van der Waals surface area contributed by atoms with E-state index in [-0.39, 0.29) is 5.75 Å². The van der Waals surface area contributed by atoms with Crippen molar-refractivity contribution in [3.05, 3.63) is 35.1 Å². The van der Waals surface area contributed by atoms with Gasteiger partial charge in [0.05, 0.1) is 19.3 Å². The fourth-order valence-corrected chi connectivity index (χ4v) is 2.93. The number of aromatic hydroxyl groups is 1. The summed E-state index contributed by atoms with van der Waals surface area (Å²) in [6.07, 6.45) is 0. The normalized spacial score (nSPS) is 11.9. The molecule has 2 aromatic rings. The third-order valence-electron chi connectivity index (χ3n) is 4.49. The molecule has 8 heteroatoms. The summed E-state index contributed by atoms with van der Waals surface area (Å²) >= 11 is 0. The molecule has 0 saturated carbocycles. The molecule has 0 spiro atoms. The molecule has 0 saturated heterocycles. The third kappa shape index (κ3) is 5.17. The Hall–Kier alpha value is -2.71. The van der Waals surface area contributed by atoms with Crippen molar-refractivity contribution in [1.82, 2.24) is 19.9 Å². The highest BCUT2D eigenvalue weighted by atomic mass is 16.5. The summed E-state index contributed by atoms with van der Waals surface area (Å²) in [7, 11) is 5.56. The summed E-state index contributed by atoms with van der Waals surface area (Å²) < 4.78 is 6.82. The van der Waals surface area contributed by atoms with Crippen molar-refractivity contribution in [1.29, 1.82) is 0 Å². The number of phenolic OH excluding ortho intramolecular Hbond substituents is 1. The van der Waals surface area contributed by atoms with E-state index in [9.17, 15) is 5.11 Å². The van der Waals surface area contributed by atoms with Gasteiger partial charge in [-0.05, 0) is 45.6 Å². The number of aromatic nitrogens is 2. The van der Waals surface area contributed by atoms with Gasteiger partial charge in [0, 0.05) is 43.7 Å². The molecular weight excluding hydrogens is 356 g/mol. The number of nitrogens with one attached hydrogen (secondary N) is 1. The van der Waals surface area contributed by atoms with Crippen molar-refractivity contribution in [2.24, 2.45) is 10.1 Å². The van der Waals surface area contributed by atoms with Crippen LogP contribution in [-0.4, -0.2) is 73.8 Å². The highest BCUT2D eigenvalue weighted by Gasteiger charge is 2.14. The molecule has 152 valence electrons. The molecule has 8 nitrogen and oxygen atoms in total. The van der Waals surface area contributed by atoms with Crippen LogP contribution in [0.2, 0.25) is 0 Å². The Morgan fingerprint density at radius 3 is 2.64 bits per heavy atom. The van der Waals surface area contributed by atoms with Gasteiger partial charge >= 0.3 is 0 Å². The van der Waals surface area contributed by atoms with Crippen molar-refractivity contribution in [2.45, 2.75) is 13.8 Å². The lowest BCUT2D eigenvalue weighted by Gasteiger charge is -2.15. The zero-order chi connectivity index (χ0) is 20.7. The molecule has 0 fully saturated rings. The van der Waals surface area contributed by atoms with E-state index in [1.54, 1.807) is 17.9 Å². The maximum atomic E-state index is 10.5. The topological polar surface area (TPSA) is 87.3 Å². The quantitative estimate of drug-likeness (QED) is 0.636. The molecule has 0 bridgehead atoms. The molecule has 0 aliphatic rings. The number of rotatable bonds is 9. The number of methoxy groups -OCH3 is 1. The van der Waals surface area contributed by atoms with Gasteiger partial charge in [-0.2, -0.15) is 5.10 Å². The van der Waals surface area contributed by atoms with Crippen LogP contribution in [0.15, 0.2) is 28.3 Å². The van der Waals surface area contributed by atoms with Crippen LogP contribution >= 0.6 is 0 Å². The van der Waals surface area contributed by atoms with Crippen molar-refractivity contribution >= 4 is 6.72 Å². The van der Waals surface area contributed by atoms with Gasteiger partial charge < -0.3 is 20.1 Å². The van der Waals surface area contributed by atoms with E-state index < -0.39 is 0 Å². The molecule has 1 aromatic heterocycles. The minimum absolute atomic E-state index is 0.116. The second-order valence-corrected chi connectivity index (χ2v) is 6.66. The fraction of sp³-hybridized carbons (Fsp3) is 0.450. The molecule has 2 N–H and O–H groups in total. The molecule has 0 aliphatic heterocycles. The number of hydrogen-bond acceptors (Lipinski definition) is 7. The van der Waals surface area contributed by atoms with E-state index in [0.717, 1.165) is 30.9 Å². The van der Waals surface area contributed by atoms with Crippen molar-refractivity contribution in [3.8, 4) is 22.8 Å². The average Bonchev–Trinajstić information content (AvgIpc) is 2.65. The van der Waals surface area contributed by atoms with Gasteiger partial charge in [0.1, 0.15) is 11.5 Å². The Kier molecular flexibility index (Phi) is 7.71. The van der Waals surface area contributed by atoms with Crippen LogP contribution in [0.4, 0.5) is 0 Å². The van der Waals surface area contributed by atoms with E-state index in [1.807, 2.05) is 33.0 Å². The standard InChI is InChI=1S/C20H30N6O2/c1-14-11-16(28-6)13-18(27)19(14)17-12-15(2)26(22-4)20(24-17)23-8-10-25(5)9-7-21-3/h11-13,21,27H,4,7-10H2,1-3,5-6H3. The Morgan fingerprint density at radius 2 is 2.04 bits per heavy atom. The van der Waals surface area contributed by atoms with E-state index >= 15 is 0 Å². The number of aryl methyl sites for hydroxylation is 2. The van der Waals surface area contributed by atoms with Gasteiger partial charge in [-0.15, -0.1) is 0 Å². The third-order valence-corrected chi connectivity index (χ3v) is 4.49. The largest absolute Gasteiger partial charge is 0.507 e. The van der Waals surface area contributed by atoms with E-state index in [2.05, 4.69) is 39.1 Å². The van der Waals surface area contributed by atoms with E-state index in [4.69, 9.17) is 4.74 Å². The number of likely N-dealkylation sites (N-methyl/N-ethyl adjacent to an activating group) is 2. The van der Waals surface area contributed by atoms with Gasteiger partial charge in [0.15, 0.2) is 0 Å². The van der Waals surface area contributed by atoms with Crippen molar-refractivity contribution < 1.29 is 9.84 Å². The summed E-state index contributed by atoms with van der Waals surface area (Å²) in [4.78, 5) is 11.5. The summed E-state index contributed by atoms with van der Waals surface area (Å²) in [6, 6.07) is 5.31. The molecule has 0 radical (unpaired) electrons. The molecule has 2 rings (SSSR count). The van der Waals surface area contributed by atoms with Crippen molar-refractivity contribution in [2.75, 3.05) is 47.4 Å². The number of phenols is 1. The van der Waals surface area contributed by atoms with Crippen molar-refractivity contribution in [3.63, 3.8) is 0 Å². The molecule has 0 amide bonds. The molecule has 28 heavy (non-hydrogen) atoms. The Morgan fingerprint density at radius 1 is 1.29 bits per heavy atom. The van der Waals surface area contributed by atoms with E-state index in [1.165, 1.54) is 0 Å². The lowest BCUT2D eigenvalue weighted by molar-refractivity contribution is 0.343. The second-order valence-electron chi connectivity index (χ2n) is 6.66. The van der Waals surface area contributed by atoms with Crippen LogP contribution in [0.25, 0.3) is 11.3 Å². The first-order valence-corrected chi connectivity index (χ1v) is 9.20. The van der Waals surface area contributed by atoms with Gasteiger partial charge in [0.25, 0.3) is 0 Å². The summed E-state index contributed by atoms with van der Waals surface area (Å²) in [6.45, 7) is 10.7. The van der Waals surface area contributed by atoms with Gasteiger partial charge in [0.2, 0.25) is 5.62 Å². The highest BCUT2D eigenvalue weighted by molar-refractivity contribution is 5.72. The second kappa shape index (κ2) is 10.0. The van der Waals surface area contributed by atoms with Gasteiger partial charge in [-0.25, -0.2) is 14.7 Å². The lowest BCUT2D eigenvalue weighted by atomic mass is 10.0. The van der Waals surface area contributed by atoms with Gasteiger partial charge in [-0.3, -0.25) is 0 Å². The van der Waals surface area contributed by atoms with Crippen LogP contribution in [0, 0.1) is 13.8 Å². The van der Waals surface area contributed by atoms with Crippen LogP contribution in [0.1, 0.15) is 11.3 Å². The van der Waals surface area contributed by atoms with Crippen LogP contribution in [0.5, 0.6) is 11.5 Å². The number of nitrogens with zero attached hydrogens (tertiary/aromatic N) is 5. The molecular formula is C20H30N6O2. The van der Waals surface area contributed by atoms with Crippen LogP contribution < -0.4 is 15.7 Å². The number of hydrogen-bond donors (Lipinski definition) is 2. The molecule has 0 atom stereocenters. The summed E-state index contributed by atoms with van der Waals surface area (Å²) in [5.74, 6) is 0.717. The molecule has 0 unspecified atom stereocenters. The Bertz CT molecular complexity index is 868. The minimum atomic E-state index is 0.116. The minimum Gasteiger partial charge on any atom is -0.507 e. The Labute approximate surface area is 166 Å². The average molecular weight is 387 g/mol. The lowest BCUT2D eigenvalue weighted by Crippen LogP contribution is -2.31. The number of benzene rings is 1. The first kappa shape index (κ1) is 21.6. The number of ether oxygens (including phenoxy) is 1. The summed E-state index contributed by atoms with van der Waals surface area (Å²) in [5.41, 5.74) is 3.45. The van der Waals surface area contributed by atoms with Gasteiger partial charge in [-0.1, -0.05) is 0 Å². The zero-order valence-electron chi connectivity index (χ0n) is 17.4. The monoisotopic (exact) mass is 386 g/mol. The fourth-order valence-electron chi connectivity index (χ4n) is 2.93. The molecule has 0 aliphatic carbocycles. The highest BCUT2D eigenvalue weighted by Crippen LogP contribution is 2.34. The predicted octanol–water partition coefficient (Wildman–Crippen LogP) is 1.40. The van der Waals surface area contributed by atoms with Crippen LogP contribution in [-0.2, 0) is 0 Å². The molecule has 1 aromatic carbocycles. The first-order chi connectivity index (χ1) is 13.4. The zero-order valence-corrected chi connectivity index (χ0v) is 17.4. The first-order valence-electron chi connectivity index (χ1n) is 9.20. The Balaban J connectivity index is 2.42. The van der Waals surface area contributed by atoms with E-state index in [0.29, 0.717) is 29.2 Å².